The van der Waals surface area contributed by atoms with Crippen LogP contribution in [0.25, 0.3) is 10.8 Å². The minimum absolute atomic E-state index is 0.0671. The molecule has 0 aliphatic rings. The molecule has 0 unspecified atom stereocenters. The Labute approximate surface area is 97.1 Å². The van der Waals surface area contributed by atoms with Crippen LogP contribution in [-0.4, -0.2) is 4.98 Å². The molecule has 16 heavy (non-hydrogen) atoms. The average molecular weight is 240 g/mol. The summed E-state index contributed by atoms with van der Waals surface area (Å²) >= 11 is 5.93. The highest BCUT2D eigenvalue weighted by atomic mass is 35.5. The van der Waals surface area contributed by atoms with Crippen LogP contribution >= 0.6 is 11.6 Å². The van der Waals surface area contributed by atoms with E-state index in [9.17, 15) is 9.18 Å². The van der Waals surface area contributed by atoms with Gasteiger partial charge in [0.2, 0.25) is 5.56 Å². The zero-order valence-electron chi connectivity index (χ0n) is 8.97. The van der Waals surface area contributed by atoms with Crippen molar-refractivity contribution in [2.45, 2.75) is 19.8 Å². The van der Waals surface area contributed by atoms with Crippen LogP contribution in [0.4, 0.5) is 4.39 Å². The molecular weight excluding hydrogens is 229 g/mol. The molecule has 2 aromatic rings. The molecule has 1 aromatic heterocycles. The zero-order valence-corrected chi connectivity index (χ0v) is 9.73. The Morgan fingerprint density at radius 3 is 2.69 bits per heavy atom. The topological polar surface area (TPSA) is 32.9 Å². The van der Waals surface area contributed by atoms with Crippen molar-refractivity contribution in [3.63, 3.8) is 0 Å². The van der Waals surface area contributed by atoms with Crippen molar-refractivity contribution in [3.05, 3.63) is 45.1 Å². The van der Waals surface area contributed by atoms with Crippen LogP contribution in [0.1, 0.15) is 25.5 Å². The number of hydrogen-bond donors (Lipinski definition) is 1. The number of aromatic amines is 1. The molecule has 2 nitrogen and oxygen atoms in total. The van der Waals surface area contributed by atoms with E-state index in [1.54, 1.807) is 6.07 Å². The molecule has 0 saturated heterocycles. The van der Waals surface area contributed by atoms with Crippen LogP contribution in [0.15, 0.2) is 23.0 Å². The largest absolute Gasteiger partial charge is 0.325 e. The molecule has 0 aliphatic carbocycles. The third kappa shape index (κ3) is 1.71. The van der Waals surface area contributed by atoms with E-state index in [1.807, 2.05) is 13.8 Å². The molecule has 0 amide bonds. The lowest BCUT2D eigenvalue weighted by Gasteiger charge is -2.11. The molecule has 0 radical (unpaired) electrons. The van der Waals surface area contributed by atoms with Gasteiger partial charge in [-0.1, -0.05) is 31.5 Å². The van der Waals surface area contributed by atoms with Gasteiger partial charge >= 0.3 is 0 Å². The molecule has 84 valence electrons. The molecule has 0 saturated carbocycles. The maximum Gasteiger partial charge on any atom is 0.248 e. The first-order valence-electron chi connectivity index (χ1n) is 5.01. The van der Waals surface area contributed by atoms with E-state index in [-0.39, 0.29) is 16.5 Å². The van der Waals surface area contributed by atoms with Crippen LogP contribution < -0.4 is 5.56 Å². The van der Waals surface area contributed by atoms with Crippen molar-refractivity contribution in [1.82, 2.24) is 4.98 Å². The van der Waals surface area contributed by atoms with Gasteiger partial charge in [-0.25, -0.2) is 4.39 Å². The molecule has 4 heteroatoms. The molecule has 1 N–H and O–H groups in total. The predicted molar refractivity (Wildman–Crippen MR) is 63.6 cm³/mol. The van der Waals surface area contributed by atoms with Gasteiger partial charge in [-0.3, -0.25) is 4.79 Å². The lowest BCUT2D eigenvalue weighted by atomic mass is 10.0. The highest BCUT2D eigenvalue weighted by Gasteiger charge is 2.13. The highest BCUT2D eigenvalue weighted by Crippen LogP contribution is 2.30. The van der Waals surface area contributed by atoms with Gasteiger partial charge in [0.1, 0.15) is 5.82 Å². The van der Waals surface area contributed by atoms with Crippen molar-refractivity contribution in [2.75, 3.05) is 0 Å². The molecule has 0 bridgehead atoms. The number of H-pyrrole nitrogens is 1. The van der Waals surface area contributed by atoms with Gasteiger partial charge in [0, 0.05) is 17.1 Å². The first-order chi connectivity index (χ1) is 7.50. The van der Waals surface area contributed by atoms with Crippen molar-refractivity contribution >= 4 is 22.4 Å². The molecule has 0 atom stereocenters. The Morgan fingerprint density at radius 1 is 1.38 bits per heavy atom. The van der Waals surface area contributed by atoms with E-state index in [2.05, 4.69) is 4.98 Å². The minimum Gasteiger partial charge on any atom is -0.325 e. The van der Waals surface area contributed by atoms with Crippen LogP contribution in [0.2, 0.25) is 5.02 Å². The van der Waals surface area contributed by atoms with Crippen LogP contribution in [-0.2, 0) is 0 Å². The number of benzene rings is 1. The van der Waals surface area contributed by atoms with Crippen LogP contribution in [0.5, 0.6) is 0 Å². The van der Waals surface area contributed by atoms with Crippen molar-refractivity contribution in [2.24, 2.45) is 0 Å². The van der Waals surface area contributed by atoms with Crippen LogP contribution in [0, 0.1) is 5.82 Å². The van der Waals surface area contributed by atoms with E-state index in [4.69, 9.17) is 11.6 Å². The summed E-state index contributed by atoms with van der Waals surface area (Å²) in [4.78, 5) is 14.1. The lowest BCUT2D eigenvalue weighted by Crippen LogP contribution is -2.09. The second-order valence-corrected chi connectivity index (χ2v) is 4.41. The molecule has 0 spiro atoms. The molecule has 2 rings (SSSR count). The SMILES string of the molecule is CC(C)c1[nH]c(=O)cc2ccc(F)c(Cl)c12. The summed E-state index contributed by atoms with van der Waals surface area (Å²) in [6, 6.07) is 4.26. The Bertz CT molecular complexity index is 604. The summed E-state index contributed by atoms with van der Waals surface area (Å²) in [6.07, 6.45) is 0. The first kappa shape index (κ1) is 11.1. The predicted octanol–water partition coefficient (Wildman–Crippen LogP) is 3.44. The number of rotatable bonds is 1. The number of nitrogens with one attached hydrogen (secondary N) is 1. The smallest absolute Gasteiger partial charge is 0.248 e. The minimum atomic E-state index is -0.469. The first-order valence-corrected chi connectivity index (χ1v) is 5.39. The van der Waals surface area contributed by atoms with E-state index in [0.717, 1.165) is 0 Å². The fourth-order valence-corrected chi connectivity index (χ4v) is 2.04. The zero-order chi connectivity index (χ0) is 11.9. The monoisotopic (exact) mass is 239 g/mol. The summed E-state index contributed by atoms with van der Waals surface area (Å²) in [7, 11) is 0. The third-order valence-corrected chi connectivity index (χ3v) is 2.89. The summed E-state index contributed by atoms with van der Waals surface area (Å²) < 4.78 is 13.4. The van der Waals surface area contributed by atoms with Gasteiger partial charge in [-0.15, -0.1) is 0 Å². The Balaban J connectivity index is 2.97. The van der Waals surface area contributed by atoms with Crippen molar-refractivity contribution in [1.29, 1.82) is 0 Å². The molecule has 0 fully saturated rings. The number of pyridine rings is 1. The lowest BCUT2D eigenvalue weighted by molar-refractivity contribution is 0.629. The van der Waals surface area contributed by atoms with Gasteiger partial charge < -0.3 is 4.98 Å². The summed E-state index contributed by atoms with van der Waals surface area (Å²) in [5, 5.41) is 1.33. The van der Waals surface area contributed by atoms with Gasteiger partial charge in [-0.2, -0.15) is 0 Å². The molecule has 1 heterocycles. The van der Waals surface area contributed by atoms with E-state index in [0.29, 0.717) is 16.5 Å². The normalized spacial score (nSPS) is 11.3. The number of fused-ring (bicyclic) bond motifs is 1. The highest BCUT2D eigenvalue weighted by molar-refractivity contribution is 6.35. The summed E-state index contributed by atoms with van der Waals surface area (Å²) in [5.74, 6) is -0.390. The van der Waals surface area contributed by atoms with E-state index in [1.165, 1.54) is 12.1 Å². The fourth-order valence-electron chi connectivity index (χ4n) is 1.77. The Hall–Kier alpha value is -1.35. The van der Waals surface area contributed by atoms with Crippen molar-refractivity contribution in [3.8, 4) is 0 Å². The quantitative estimate of drug-likeness (QED) is 0.812. The van der Waals surface area contributed by atoms with E-state index < -0.39 is 5.82 Å². The molecule has 1 aromatic carbocycles. The maximum atomic E-state index is 13.4. The van der Waals surface area contributed by atoms with Gasteiger partial charge in [-0.05, 0) is 17.4 Å². The number of hydrogen-bond acceptors (Lipinski definition) is 1. The second-order valence-electron chi connectivity index (χ2n) is 4.03. The standard InChI is InChI=1S/C12H11ClFNO/c1-6(2)12-10-7(5-9(16)15-12)3-4-8(14)11(10)13/h3-6H,1-2H3,(H,15,16). The number of halogens is 2. The Morgan fingerprint density at radius 2 is 2.06 bits per heavy atom. The Kier molecular flexibility index (Phi) is 2.72. The summed E-state index contributed by atoms with van der Waals surface area (Å²) in [5.41, 5.74) is 0.478. The van der Waals surface area contributed by atoms with Crippen molar-refractivity contribution < 1.29 is 4.39 Å². The molecular formula is C12H11ClFNO. The average Bonchev–Trinajstić information content (AvgIpc) is 2.22. The fraction of sp³-hybridized carbons (Fsp3) is 0.250. The third-order valence-electron chi connectivity index (χ3n) is 2.52. The maximum absolute atomic E-state index is 13.4. The van der Waals surface area contributed by atoms with Gasteiger partial charge in [0.05, 0.1) is 5.02 Å². The van der Waals surface area contributed by atoms with Crippen LogP contribution in [0.3, 0.4) is 0 Å². The van der Waals surface area contributed by atoms with Gasteiger partial charge in [0.25, 0.3) is 0 Å². The molecule has 0 aliphatic heterocycles. The van der Waals surface area contributed by atoms with Gasteiger partial charge in [0.15, 0.2) is 0 Å². The second kappa shape index (κ2) is 3.91. The van der Waals surface area contributed by atoms with E-state index >= 15 is 0 Å². The summed E-state index contributed by atoms with van der Waals surface area (Å²) in [6.45, 7) is 3.85. The number of aromatic nitrogens is 1.